The summed E-state index contributed by atoms with van der Waals surface area (Å²) in [6.45, 7) is 5.78. The Morgan fingerprint density at radius 3 is 2.50 bits per heavy atom. The quantitative estimate of drug-likeness (QED) is 0.826. The molecule has 0 radical (unpaired) electrons. The number of anilines is 2. The molecule has 0 heterocycles. The molecule has 0 aliphatic carbocycles. The Bertz CT molecular complexity index is 671. The third-order valence-corrected chi connectivity index (χ3v) is 3.18. The van der Waals surface area contributed by atoms with Gasteiger partial charge in [-0.15, -0.1) is 0 Å². The van der Waals surface area contributed by atoms with E-state index >= 15 is 0 Å². The number of amides is 2. The van der Waals surface area contributed by atoms with E-state index in [0.29, 0.717) is 22.1 Å². The lowest BCUT2D eigenvalue weighted by Gasteiger charge is -2.15. The fourth-order valence-electron chi connectivity index (χ4n) is 1.93. The van der Waals surface area contributed by atoms with Crippen LogP contribution < -0.4 is 15.4 Å². The molecule has 5 heteroatoms. The molecule has 0 atom stereocenters. The highest BCUT2D eigenvalue weighted by Gasteiger charge is 2.10. The molecule has 116 valence electrons. The molecular formula is C17H19ClN2O2. The number of ether oxygens (including phenoxy) is 1. The zero-order chi connectivity index (χ0) is 16.1. The van der Waals surface area contributed by atoms with Crippen LogP contribution in [0.4, 0.5) is 16.2 Å². The maximum atomic E-state index is 12.2. The van der Waals surface area contributed by atoms with Crippen molar-refractivity contribution < 1.29 is 9.53 Å². The van der Waals surface area contributed by atoms with Crippen molar-refractivity contribution in [2.75, 3.05) is 10.6 Å². The Morgan fingerprint density at radius 1 is 1.09 bits per heavy atom. The minimum atomic E-state index is -0.342. The zero-order valence-corrected chi connectivity index (χ0v) is 13.6. The van der Waals surface area contributed by atoms with Crippen molar-refractivity contribution in [1.82, 2.24) is 0 Å². The monoisotopic (exact) mass is 318 g/mol. The van der Waals surface area contributed by atoms with Crippen LogP contribution in [0, 0.1) is 6.92 Å². The number of hydrogen-bond donors (Lipinski definition) is 2. The fraction of sp³-hybridized carbons (Fsp3) is 0.235. The van der Waals surface area contributed by atoms with Crippen LogP contribution >= 0.6 is 11.6 Å². The molecule has 2 aromatic rings. The second kappa shape index (κ2) is 7.18. The summed E-state index contributed by atoms with van der Waals surface area (Å²) in [5.41, 5.74) is 2.23. The molecule has 4 nitrogen and oxygen atoms in total. The second-order valence-electron chi connectivity index (χ2n) is 5.20. The number of para-hydroxylation sites is 2. The molecule has 0 unspecified atom stereocenters. The molecule has 2 N–H and O–H groups in total. The number of hydrogen-bond acceptors (Lipinski definition) is 2. The van der Waals surface area contributed by atoms with Crippen LogP contribution in [0.1, 0.15) is 19.4 Å². The summed E-state index contributed by atoms with van der Waals surface area (Å²) < 4.78 is 5.68. The van der Waals surface area contributed by atoms with Crippen molar-refractivity contribution in [3.8, 4) is 5.75 Å². The topological polar surface area (TPSA) is 50.4 Å². The third-order valence-electron chi connectivity index (χ3n) is 2.95. The normalized spacial score (nSPS) is 10.4. The highest BCUT2D eigenvalue weighted by molar-refractivity contribution is 6.31. The predicted molar refractivity (Wildman–Crippen MR) is 91.0 cm³/mol. The number of benzene rings is 2. The number of nitrogens with one attached hydrogen (secondary N) is 2. The molecule has 0 bridgehead atoms. The van der Waals surface area contributed by atoms with Gasteiger partial charge >= 0.3 is 6.03 Å². The first-order valence-electron chi connectivity index (χ1n) is 7.05. The smallest absolute Gasteiger partial charge is 0.323 e. The van der Waals surface area contributed by atoms with Gasteiger partial charge in [-0.2, -0.15) is 0 Å². The van der Waals surface area contributed by atoms with Crippen molar-refractivity contribution in [2.24, 2.45) is 0 Å². The van der Waals surface area contributed by atoms with Gasteiger partial charge in [0.1, 0.15) is 5.75 Å². The van der Waals surface area contributed by atoms with Crippen LogP contribution in [-0.4, -0.2) is 12.1 Å². The van der Waals surface area contributed by atoms with Crippen molar-refractivity contribution >= 4 is 29.0 Å². The predicted octanol–water partition coefficient (Wildman–Crippen LogP) is 5.08. The van der Waals surface area contributed by atoms with Crippen LogP contribution in [0.15, 0.2) is 42.5 Å². The maximum Gasteiger partial charge on any atom is 0.323 e. The van der Waals surface area contributed by atoms with E-state index < -0.39 is 0 Å². The average molecular weight is 319 g/mol. The molecule has 0 saturated heterocycles. The SMILES string of the molecule is Cc1ccc(Cl)cc1NC(=O)Nc1ccccc1OC(C)C. The Balaban J connectivity index is 2.11. The van der Waals surface area contributed by atoms with Gasteiger partial charge in [-0.05, 0) is 50.6 Å². The average Bonchev–Trinajstić information content (AvgIpc) is 2.44. The molecule has 0 aliphatic rings. The van der Waals surface area contributed by atoms with E-state index in [1.807, 2.05) is 45.0 Å². The molecule has 0 aromatic heterocycles. The van der Waals surface area contributed by atoms with Crippen LogP contribution in [0.25, 0.3) is 0 Å². The van der Waals surface area contributed by atoms with E-state index in [9.17, 15) is 4.79 Å². The Morgan fingerprint density at radius 2 is 1.77 bits per heavy atom. The molecule has 22 heavy (non-hydrogen) atoms. The van der Waals surface area contributed by atoms with Gasteiger partial charge in [-0.1, -0.05) is 29.8 Å². The van der Waals surface area contributed by atoms with Crippen molar-refractivity contribution in [3.05, 3.63) is 53.1 Å². The first kappa shape index (κ1) is 16.2. The first-order valence-corrected chi connectivity index (χ1v) is 7.43. The fourth-order valence-corrected chi connectivity index (χ4v) is 2.10. The zero-order valence-electron chi connectivity index (χ0n) is 12.8. The van der Waals surface area contributed by atoms with Crippen LogP contribution in [0.5, 0.6) is 5.75 Å². The number of urea groups is 1. The maximum absolute atomic E-state index is 12.2. The number of carbonyl (C=O) groups is 1. The molecule has 0 spiro atoms. The molecule has 0 fully saturated rings. The minimum Gasteiger partial charge on any atom is -0.489 e. The lowest BCUT2D eigenvalue weighted by molar-refractivity contribution is 0.243. The van der Waals surface area contributed by atoms with Crippen molar-refractivity contribution in [3.63, 3.8) is 0 Å². The molecule has 0 saturated carbocycles. The highest BCUT2D eigenvalue weighted by Crippen LogP contribution is 2.25. The highest BCUT2D eigenvalue weighted by atomic mass is 35.5. The Labute approximate surface area is 135 Å². The number of rotatable bonds is 4. The number of halogens is 1. The van der Waals surface area contributed by atoms with E-state index in [1.54, 1.807) is 18.2 Å². The molecule has 2 aromatic carbocycles. The van der Waals surface area contributed by atoms with Crippen LogP contribution in [0.3, 0.4) is 0 Å². The lowest BCUT2D eigenvalue weighted by Crippen LogP contribution is -2.21. The van der Waals surface area contributed by atoms with Crippen LogP contribution in [-0.2, 0) is 0 Å². The van der Waals surface area contributed by atoms with Gasteiger partial charge in [0.15, 0.2) is 0 Å². The number of carbonyl (C=O) groups excluding carboxylic acids is 1. The van der Waals surface area contributed by atoms with Crippen molar-refractivity contribution in [2.45, 2.75) is 26.9 Å². The van der Waals surface area contributed by atoms with Gasteiger partial charge < -0.3 is 15.4 Å². The van der Waals surface area contributed by atoms with Gasteiger partial charge in [0.05, 0.1) is 11.8 Å². The summed E-state index contributed by atoms with van der Waals surface area (Å²) in [5.74, 6) is 0.635. The van der Waals surface area contributed by atoms with E-state index in [1.165, 1.54) is 0 Å². The largest absolute Gasteiger partial charge is 0.489 e. The van der Waals surface area contributed by atoms with E-state index in [4.69, 9.17) is 16.3 Å². The van der Waals surface area contributed by atoms with Crippen molar-refractivity contribution in [1.29, 1.82) is 0 Å². The third kappa shape index (κ3) is 4.40. The van der Waals surface area contributed by atoms with Crippen LogP contribution in [0.2, 0.25) is 5.02 Å². The van der Waals surface area contributed by atoms with Gasteiger partial charge in [-0.25, -0.2) is 4.79 Å². The van der Waals surface area contributed by atoms with Gasteiger partial charge in [0, 0.05) is 10.7 Å². The van der Waals surface area contributed by atoms with E-state index in [0.717, 1.165) is 5.56 Å². The minimum absolute atomic E-state index is 0.0289. The lowest BCUT2D eigenvalue weighted by atomic mass is 10.2. The van der Waals surface area contributed by atoms with Gasteiger partial charge in [0.2, 0.25) is 0 Å². The Hall–Kier alpha value is -2.20. The second-order valence-corrected chi connectivity index (χ2v) is 5.64. The summed E-state index contributed by atoms with van der Waals surface area (Å²) in [6.07, 6.45) is 0.0289. The molecular weight excluding hydrogens is 300 g/mol. The standard InChI is InChI=1S/C17H19ClN2O2/c1-11(2)22-16-7-5-4-6-14(16)19-17(21)20-15-10-13(18)9-8-12(15)3/h4-11H,1-3H3,(H2,19,20,21). The summed E-state index contributed by atoms with van der Waals surface area (Å²) in [4.78, 5) is 12.2. The van der Waals surface area contributed by atoms with E-state index in [-0.39, 0.29) is 12.1 Å². The van der Waals surface area contributed by atoms with Gasteiger partial charge in [0.25, 0.3) is 0 Å². The summed E-state index contributed by atoms with van der Waals surface area (Å²) in [7, 11) is 0. The molecule has 2 rings (SSSR count). The van der Waals surface area contributed by atoms with Gasteiger partial charge in [-0.3, -0.25) is 0 Å². The number of aryl methyl sites for hydroxylation is 1. The molecule has 2 amide bonds. The van der Waals surface area contributed by atoms with E-state index in [2.05, 4.69) is 10.6 Å². The first-order chi connectivity index (χ1) is 10.5. The summed E-state index contributed by atoms with van der Waals surface area (Å²) in [6, 6.07) is 12.3. The molecule has 0 aliphatic heterocycles. The summed E-state index contributed by atoms with van der Waals surface area (Å²) >= 11 is 5.95. The summed E-state index contributed by atoms with van der Waals surface area (Å²) in [5, 5.41) is 6.16. The Kier molecular flexibility index (Phi) is 5.28.